The van der Waals surface area contributed by atoms with Gasteiger partial charge in [0.05, 0.1) is 31.9 Å². The van der Waals surface area contributed by atoms with Gasteiger partial charge in [-0.3, -0.25) is 14.5 Å². The lowest BCUT2D eigenvalue weighted by atomic mass is 9.95. The molecule has 7 nitrogen and oxygen atoms in total. The largest absolute Gasteiger partial charge is 0.507 e. The molecule has 1 saturated heterocycles. The molecule has 1 unspecified atom stereocenters. The molecule has 0 spiro atoms. The molecule has 0 aromatic heterocycles. The van der Waals surface area contributed by atoms with Crippen LogP contribution in [-0.4, -0.2) is 37.1 Å². The monoisotopic (exact) mass is 529 g/mol. The van der Waals surface area contributed by atoms with Crippen molar-refractivity contribution in [3.8, 4) is 17.2 Å². The topological polar surface area (TPSA) is 85.3 Å². The molecule has 1 fully saturated rings. The quantitative estimate of drug-likeness (QED) is 0.186. The second-order valence-electron chi connectivity index (χ2n) is 10.4. The van der Waals surface area contributed by atoms with Crippen molar-refractivity contribution in [1.82, 2.24) is 0 Å². The van der Waals surface area contributed by atoms with Crippen LogP contribution in [0.2, 0.25) is 0 Å². The molecule has 4 rings (SSSR count). The molecule has 1 atom stereocenters. The Morgan fingerprint density at radius 1 is 0.821 bits per heavy atom. The molecular weight excluding hydrogens is 494 g/mol. The van der Waals surface area contributed by atoms with Gasteiger partial charge in [-0.2, -0.15) is 0 Å². The number of Topliss-reactive ketones (excluding diaryl/α,β-unsaturated/α-hetero) is 1. The Kier molecular flexibility index (Phi) is 8.59. The molecule has 3 aromatic rings. The van der Waals surface area contributed by atoms with Crippen molar-refractivity contribution in [2.75, 3.05) is 25.2 Å². The van der Waals surface area contributed by atoms with E-state index < -0.39 is 17.7 Å². The van der Waals surface area contributed by atoms with Gasteiger partial charge in [0.2, 0.25) is 0 Å². The summed E-state index contributed by atoms with van der Waals surface area (Å²) in [5, 5.41) is 11.5. The maximum absolute atomic E-state index is 13.5. The molecule has 1 N–H and O–H groups in total. The maximum Gasteiger partial charge on any atom is 0.300 e. The number of aliphatic hydroxyl groups excluding tert-OH is 1. The van der Waals surface area contributed by atoms with Crippen LogP contribution < -0.4 is 19.1 Å². The summed E-state index contributed by atoms with van der Waals surface area (Å²) < 4.78 is 16.9. The maximum atomic E-state index is 13.5. The van der Waals surface area contributed by atoms with E-state index in [1.54, 1.807) is 79.9 Å². The third kappa shape index (κ3) is 6.25. The summed E-state index contributed by atoms with van der Waals surface area (Å²) in [5.74, 6) is 0.822. The standard InChI is InChI=1S/C32H35NO6/c1-20(2)18-38-26-15-11-24(12-16-26)33-29(22-9-13-25(37-5)14-10-22)28(31(35)32(33)36)30(34)23-7-6-8-27(17-23)39-19-21(3)4/h6-17,20-21,29,34H,18-19H2,1-5H3/b30-28-. The zero-order chi connectivity index (χ0) is 28.1. The smallest absolute Gasteiger partial charge is 0.300 e. The first kappa shape index (κ1) is 27.8. The molecule has 1 heterocycles. The SMILES string of the molecule is COc1ccc(C2/C(=C(/O)c3cccc(OCC(C)C)c3)C(=O)C(=O)N2c2ccc(OCC(C)C)cc2)cc1. The Bertz CT molecular complexity index is 1340. The molecular formula is C32H35NO6. The molecule has 1 amide bonds. The summed E-state index contributed by atoms with van der Waals surface area (Å²) in [5.41, 5.74) is 1.57. The number of rotatable bonds is 10. The van der Waals surface area contributed by atoms with Gasteiger partial charge in [-0.15, -0.1) is 0 Å². The number of amides is 1. The van der Waals surface area contributed by atoms with Crippen molar-refractivity contribution in [2.45, 2.75) is 33.7 Å². The van der Waals surface area contributed by atoms with Crippen molar-refractivity contribution < 1.29 is 28.9 Å². The van der Waals surface area contributed by atoms with Crippen LogP contribution >= 0.6 is 0 Å². The van der Waals surface area contributed by atoms with Gasteiger partial charge < -0.3 is 19.3 Å². The van der Waals surface area contributed by atoms with Gasteiger partial charge in [0.25, 0.3) is 11.7 Å². The fraction of sp³-hybridized carbons (Fsp3) is 0.312. The van der Waals surface area contributed by atoms with Gasteiger partial charge in [0, 0.05) is 11.3 Å². The average Bonchev–Trinajstić information content (AvgIpc) is 3.20. The predicted octanol–water partition coefficient (Wildman–Crippen LogP) is 6.39. The van der Waals surface area contributed by atoms with E-state index >= 15 is 0 Å². The molecule has 0 bridgehead atoms. The molecule has 0 aliphatic carbocycles. The van der Waals surface area contributed by atoms with Gasteiger partial charge >= 0.3 is 0 Å². The highest BCUT2D eigenvalue weighted by atomic mass is 16.5. The number of ketones is 1. The summed E-state index contributed by atoms with van der Waals surface area (Å²) in [6.45, 7) is 9.29. The molecule has 3 aromatic carbocycles. The Labute approximate surface area is 229 Å². The lowest BCUT2D eigenvalue weighted by molar-refractivity contribution is -0.132. The van der Waals surface area contributed by atoms with Crippen LogP contribution in [0.5, 0.6) is 17.2 Å². The highest BCUT2D eigenvalue weighted by molar-refractivity contribution is 6.51. The first-order chi connectivity index (χ1) is 18.7. The summed E-state index contributed by atoms with van der Waals surface area (Å²) in [6.07, 6.45) is 0. The zero-order valence-electron chi connectivity index (χ0n) is 23.0. The summed E-state index contributed by atoms with van der Waals surface area (Å²) in [7, 11) is 1.57. The molecule has 1 aliphatic rings. The first-order valence-corrected chi connectivity index (χ1v) is 13.1. The number of benzene rings is 3. The van der Waals surface area contributed by atoms with Crippen LogP contribution in [0.1, 0.15) is 44.9 Å². The van der Waals surface area contributed by atoms with Crippen LogP contribution in [0.25, 0.3) is 5.76 Å². The Morgan fingerprint density at radius 3 is 2.00 bits per heavy atom. The van der Waals surface area contributed by atoms with E-state index in [-0.39, 0.29) is 11.3 Å². The van der Waals surface area contributed by atoms with Crippen LogP contribution in [0.3, 0.4) is 0 Å². The minimum atomic E-state index is -0.849. The Hall–Kier alpha value is -4.26. The fourth-order valence-electron chi connectivity index (χ4n) is 4.32. The van der Waals surface area contributed by atoms with E-state index in [2.05, 4.69) is 13.8 Å². The molecule has 204 valence electrons. The first-order valence-electron chi connectivity index (χ1n) is 13.1. The lowest BCUT2D eigenvalue weighted by Crippen LogP contribution is -2.29. The summed E-state index contributed by atoms with van der Waals surface area (Å²) in [6, 6.07) is 20.2. The predicted molar refractivity (Wildman–Crippen MR) is 151 cm³/mol. The lowest BCUT2D eigenvalue weighted by Gasteiger charge is -2.26. The Morgan fingerprint density at radius 2 is 1.41 bits per heavy atom. The molecule has 7 heteroatoms. The van der Waals surface area contributed by atoms with Crippen molar-refractivity contribution in [1.29, 1.82) is 0 Å². The van der Waals surface area contributed by atoms with E-state index in [0.717, 1.165) is 0 Å². The fourth-order valence-corrected chi connectivity index (χ4v) is 4.32. The van der Waals surface area contributed by atoms with Crippen LogP contribution in [0.15, 0.2) is 78.4 Å². The summed E-state index contributed by atoms with van der Waals surface area (Å²) >= 11 is 0. The normalized spacial score (nSPS) is 16.7. The highest BCUT2D eigenvalue weighted by Gasteiger charge is 2.47. The average molecular weight is 530 g/mol. The Balaban J connectivity index is 1.79. The number of methoxy groups -OCH3 is 1. The number of hydrogen-bond acceptors (Lipinski definition) is 6. The molecule has 1 aliphatic heterocycles. The number of ether oxygens (including phenoxy) is 3. The van der Waals surface area contributed by atoms with Gasteiger partial charge in [-0.05, 0) is 65.9 Å². The van der Waals surface area contributed by atoms with Crippen molar-refractivity contribution in [2.24, 2.45) is 11.8 Å². The molecule has 0 radical (unpaired) electrons. The van der Waals surface area contributed by atoms with Crippen molar-refractivity contribution in [3.63, 3.8) is 0 Å². The highest BCUT2D eigenvalue weighted by Crippen LogP contribution is 2.43. The van der Waals surface area contributed by atoms with Gasteiger partial charge in [-0.1, -0.05) is 52.0 Å². The van der Waals surface area contributed by atoms with Crippen LogP contribution in [0.4, 0.5) is 5.69 Å². The van der Waals surface area contributed by atoms with Crippen LogP contribution in [0, 0.1) is 11.8 Å². The zero-order valence-corrected chi connectivity index (χ0v) is 23.0. The minimum absolute atomic E-state index is 0.00584. The van der Waals surface area contributed by atoms with Crippen molar-refractivity contribution in [3.05, 3.63) is 89.5 Å². The van der Waals surface area contributed by atoms with Gasteiger partial charge in [-0.25, -0.2) is 0 Å². The third-order valence-corrected chi connectivity index (χ3v) is 6.26. The van der Waals surface area contributed by atoms with Crippen LogP contribution in [-0.2, 0) is 9.59 Å². The second kappa shape index (κ2) is 12.1. The number of carbonyl (C=O) groups is 2. The van der Waals surface area contributed by atoms with E-state index in [1.807, 2.05) is 13.8 Å². The van der Waals surface area contributed by atoms with E-state index in [1.165, 1.54) is 4.90 Å². The number of hydrogen-bond donors (Lipinski definition) is 1. The van der Waals surface area contributed by atoms with Crippen molar-refractivity contribution >= 4 is 23.1 Å². The number of nitrogens with zero attached hydrogens (tertiary/aromatic N) is 1. The molecule has 39 heavy (non-hydrogen) atoms. The second-order valence-corrected chi connectivity index (χ2v) is 10.4. The number of carbonyl (C=O) groups excluding carboxylic acids is 2. The van der Waals surface area contributed by atoms with E-state index in [0.29, 0.717) is 59.1 Å². The summed E-state index contributed by atoms with van der Waals surface area (Å²) in [4.78, 5) is 28.3. The van der Waals surface area contributed by atoms with E-state index in [4.69, 9.17) is 14.2 Å². The number of aliphatic hydroxyl groups is 1. The molecule has 0 saturated carbocycles. The van der Waals surface area contributed by atoms with Gasteiger partial charge in [0.15, 0.2) is 0 Å². The minimum Gasteiger partial charge on any atom is -0.507 e. The van der Waals surface area contributed by atoms with Gasteiger partial charge in [0.1, 0.15) is 23.0 Å². The number of anilines is 1. The van der Waals surface area contributed by atoms with E-state index in [9.17, 15) is 14.7 Å². The third-order valence-electron chi connectivity index (χ3n) is 6.26.